The highest BCUT2D eigenvalue weighted by atomic mass is 16.3. The van der Waals surface area contributed by atoms with E-state index < -0.39 is 0 Å². The molecule has 2 unspecified atom stereocenters. The van der Waals surface area contributed by atoms with Gasteiger partial charge in [-0.2, -0.15) is 0 Å². The number of carbonyl (C=O) groups excluding carboxylic acids is 1. The molecule has 110 valence electrons. The van der Waals surface area contributed by atoms with E-state index in [2.05, 4.69) is 10.2 Å². The van der Waals surface area contributed by atoms with Crippen LogP contribution in [0.3, 0.4) is 0 Å². The second-order valence-electron chi connectivity index (χ2n) is 5.61. The number of carbonyl (C=O) groups is 1. The second-order valence-corrected chi connectivity index (χ2v) is 5.61. The minimum absolute atomic E-state index is 0.0581. The summed E-state index contributed by atoms with van der Waals surface area (Å²) in [5, 5.41) is 12.4. The highest BCUT2D eigenvalue weighted by Crippen LogP contribution is 2.23. The quantitative estimate of drug-likeness (QED) is 0.723. The third kappa shape index (κ3) is 3.49. The van der Waals surface area contributed by atoms with Crippen molar-refractivity contribution in [1.82, 2.24) is 4.90 Å². The van der Waals surface area contributed by atoms with Crippen molar-refractivity contribution in [3.8, 4) is 0 Å². The van der Waals surface area contributed by atoms with Crippen LogP contribution in [0.5, 0.6) is 0 Å². The van der Waals surface area contributed by atoms with Crippen LogP contribution < -0.4 is 11.1 Å². The number of hydrogen-bond donors (Lipinski definition) is 3. The van der Waals surface area contributed by atoms with Crippen molar-refractivity contribution in [1.29, 1.82) is 0 Å². The highest BCUT2D eigenvalue weighted by Gasteiger charge is 2.27. The Morgan fingerprint density at radius 3 is 2.95 bits per heavy atom. The molecule has 0 aromatic heterocycles. The van der Waals surface area contributed by atoms with E-state index in [0.29, 0.717) is 17.9 Å². The Kier molecular flexibility index (Phi) is 4.62. The second kappa shape index (κ2) is 6.24. The van der Waals surface area contributed by atoms with Crippen molar-refractivity contribution >= 4 is 17.3 Å². The number of nitrogens with zero attached hydrogens (tertiary/aromatic N) is 1. The van der Waals surface area contributed by atoms with Gasteiger partial charge in [0.15, 0.2) is 0 Å². The lowest BCUT2D eigenvalue weighted by Gasteiger charge is -2.18. The van der Waals surface area contributed by atoms with Gasteiger partial charge in [0.1, 0.15) is 0 Å². The van der Waals surface area contributed by atoms with Crippen LogP contribution in [0.2, 0.25) is 0 Å². The number of nitrogens with one attached hydrogen (secondary N) is 1. The van der Waals surface area contributed by atoms with Gasteiger partial charge in [-0.3, -0.25) is 9.69 Å². The molecule has 1 amide bonds. The van der Waals surface area contributed by atoms with Crippen molar-refractivity contribution in [2.45, 2.75) is 26.4 Å². The van der Waals surface area contributed by atoms with Gasteiger partial charge < -0.3 is 16.2 Å². The summed E-state index contributed by atoms with van der Waals surface area (Å²) in [7, 11) is 0. The van der Waals surface area contributed by atoms with E-state index in [4.69, 9.17) is 5.73 Å². The number of aliphatic hydroxyl groups excluding tert-OH is 1. The molecule has 1 aliphatic heterocycles. The predicted octanol–water partition coefficient (Wildman–Crippen LogP) is 1.22. The van der Waals surface area contributed by atoms with Gasteiger partial charge in [-0.15, -0.1) is 0 Å². The maximum atomic E-state index is 12.1. The Morgan fingerprint density at radius 2 is 2.35 bits per heavy atom. The topological polar surface area (TPSA) is 78.6 Å². The van der Waals surface area contributed by atoms with Gasteiger partial charge in [-0.05, 0) is 44.4 Å². The Hall–Kier alpha value is -1.59. The fraction of sp³-hybridized carbons (Fsp3) is 0.533. The lowest BCUT2D eigenvalue weighted by atomic mass is 10.0. The Balaban J connectivity index is 1.91. The van der Waals surface area contributed by atoms with Gasteiger partial charge in [-0.25, -0.2) is 0 Å². The van der Waals surface area contributed by atoms with Crippen LogP contribution >= 0.6 is 0 Å². The third-order valence-electron chi connectivity index (χ3n) is 3.93. The number of likely N-dealkylation sites (tertiary alicyclic amines) is 1. The molecule has 0 bridgehead atoms. The lowest BCUT2D eigenvalue weighted by molar-refractivity contribution is -0.117. The predicted molar refractivity (Wildman–Crippen MR) is 80.4 cm³/mol. The van der Waals surface area contributed by atoms with Crippen molar-refractivity contribution in [3.05, 3.63) is 23.8 Å². The van der Waals surface area contributed by atoms with Crippen LogP contribution in [-0.2, 0) is 4.79 Å². The monoisotopic (exact) mass is 277 g/mol. The summed E-state index contributed by atoms with van der Waals surface area (Å²) in [4.78, 5) is 14.1. The molecule has 2 atom stereocenters. The normalized spacial score (nSPS) is 20.9. The number of nitrogen functional groups attached to an aromatic ring is 1. The number of aliphatic hydroxyl groups is 1. The number of hydrogen-bond acceptors (Lipinski definition) is 4. The number of benzene rings is 1. The minimum Gasteiger partial charge on any atom is -0.397 e. The average molecular weight is 277 g/mol. The van der Waals surface area contributed by atoms with E-state index in [-0.39, 0.29) is 17.9 Å². The minimum atomic E-state index is -0.310. The van der Waals surface area contributed by atoms with Crippen LogP contribution in [0.4, 0.5) is 11.4 Å². The maximum Gasteiger partial charge on any atom is 0.238 e. The fourth-order valence-corrected chi connectivity index (χ4v) is 2.64. The molecule has 1 heterocycles. The van der Waals surface area contributed by atoms with Crippen LogP contribution in [0.1, 0.15) is 18.9 Å². The molecule has 0 saturated carbocycles. The zero-order valence-corrected chi connectivity index (χ0v) is 12.1. The summed E-state index contributed by atoms with van der Waals surface area (Å²) in [5.74, 6) is 0.212. The first kappa shape index (κ1) is 14.8. The molecule has 5 heteroatoms. The Labute approximate surface area is 119 Å². The molecule has 20 heavy (non-hydrogen) atoms. The number of amides is 1. The standard InChI is InChI=1S/C15H23N3O2/c1-10-4-3-5-13(16)15(10)17-14(20)9-18-7-6-12(8-18)11(2)19/h3-5,11-12,19H,6-9,16H2,1-2H3,(H,17,20). The van der Waals surface area contributed by atoms with Crippen molar-refractivity contribution in [3.63, 3.8) is 0 Å². The van der Waals surface area contributed by atoms with Crippen LogP contribution in [0.15, 0.2) is 18.2 Å². The first-order valence-corrected chi connectivity index (χ1v) is 7.02. The van der Waals surface area contributed by atoms with E-state index in [1.54, 1.807) is 6.07 Å². The van der Waals surface area contributed by atoms with Gasteiger partial charge in [0, 0.05) is 6.54 Å². The zero-order valence-electron chi connectivity index (χ0n) is 12.1. The molecule has 1 fully saturated rings. The SMILES string of the molecule is Cc1cccc(N)c1NC(=O)CN1CCC(C(C)O)C1. The van der Waals surface area contributed by atoms with Gasteiger partial charge in [0.25, 0.3) is 0 Å². The zero-order chi connectivity index (χ0) is 14.7. The Bertz CT molecular complexity index is 468. The van der Waals surface area contributed by atoms with Crippen molar-refractivity contribution < 1.29 is 9.90 Å². The van der Waals surface area contributed by atoms with Crippen LogP contribution in [0, 0.1) is 12.8 Å². The van der Waals surface area contributed by atoms with Gasteiger partial charge in [0.05, 0.1) is 24.0 Å². The summed E-state index contributed by atoms with van der Waals surface area (Å²) in [5.41, 5.74) is 8.12. The molecule has 1 aromatic rings. The number of rotatable bonds is 4. The molecule has 1 aromatic carbocycles. The molecule has 1 aliphatic rings. The summed E-state index contributed by atoms with van der Waals surface area (Å²) in [6.45, 7) is 5.70. The van der Waals surface area contributed by atoms with E-state index >= 15 is 0 Å². The largest absolute Gasteiger partial charge is 0.397 e. The summed E-state index contributed by atoms with van der Waals surface area (Å²) < 4.78 is 0. The first-order valence-electron chi connectivity index (χ1n) is 7.02. The molecule has 0 radical (unpaired) electrons. The summed E-state index contributed by atoms with van der Waals surface area (Å²) in [6, 6.07) is 5.57. The van der Waals surface area contributed by atoms with E-state index in [1.807, 2.05) is 26.0 Å². The smallest absolute Gasteiger partial charge is 0.238 e. The maximum absolute atomic E-state index is 12.1. The number of nitrogens with two attached hydrogens (primary N) is 1. The van der Waals surface area contributed by atoms with Crippen LogP contribution in [-0.4, -0.2) is 41.7 Å². The molecule has 0 aliphatic carbocycles. The van der Waals surface area contributed by atoms with Gasteiger partial charge in [0.2, 0.25) is 5.91 Å². The molecule has 2 rings (SSSR count). The molecule has 4 N–H and O–H groups in total. The molecule has 0 spiro atoms. The van der Waals surface area contributed by atoms with Gasteiger partial charge in [-0.1, -0.05) is 12.1 Å². The number of anilines is 2. The van der Waals surface area contributed by atoms with Crippen molar-refractivity contribution in [2.24, 2.45) is 5.92 Å². The molecule has 1 saturated heterocycles. The van der Waals surface area contributed by atoms with E-state index in [9.17, 15) is 9.90 Å². The average Bonchev–Trinajstić information content (AvgIpc) is 2.82. The van der Waals surface area contributed by atoms with Gasteiger partial charge >= 0.3 is 0 Å². The third-order valence-corrected chi connectivity index (χ3v) is 3.93. The number of aryl methyl sites for hydroxylation is 1. The molecular weight excluding hydrogens is 254 g/mol. The lowest BCUT2D eigenvalue weighted by Crippen LogP contribution is -2.33. The molecule has 5 nitrogen and oxygen atoms in total. The summed E-state index contributed by atoms with van der Waals surface area (Å²) >= 11 is 0. The molecular formula is C15H23N3O2. The van der Waals surface area contributed by atoms with E-state index in [1.165, 1.54) is 0 Å². The number of para-hydroxylation sites is 1. The van der Waals surface area contributed by atoms with Crippen molar-refractivity contribution in [2.75, 3.05) is 30.7 Å². The summed E-state index contributed by atoms with van der Waals surface area (Å²) in [6.07, 6.45) is 0.632. The first-order chi connectivity index (χ1) is 9.47. The van der Waals surface area contributed by atoms with E-state index in [0.717, 1.165) is 25.1 Å². The highest BCUT2D eigenvalue weighted by molar-refractivity contribution is 5.96. The fourth-order valence-electron chi connectivity index (χ4n) is 2.64. The van der Waals surface area contributed by atoms with Crippen LogP contribution in [0.25, 0.3) is 0 Å². The Morgan fingerprint density at radius 1 is 1.60 bits per heavy atom.